The van der Waals surface area contributed by atoms with Crippen molar-refractivity contribution in [1.82, 2.24) is 9.97 Å². The van der Waals surface area contributed by atoms with Crippen LogP contribution in [0.15, 0.2) is 30.5 Å². The highest BCUT2D eigenvalue weighted by Gasteiger charge is 2.14. The minimum Gasteiger partial charge on any atom is -0.421 e. The molecule has 0 unspecified atom stereocenters. The van der Waals surface area contributed by atoms with Gasteiger partial charge in [0, 0.05) is 11.6 Å². The number of benzene rings is 1. The second-order valence-electron chi connectivity index (χ2n) is 2.66. The molecule has 0 atom stereocenters. The summed E-state index contributed by atoms with van der Waals surface area (Å²) in [4.78, 5) is 7.76. The summed E-state index contributed by atoms with van der Waals surface area (Å²) in [7, 11) is -1.61. The van der Waals surface area contributed by atoms with Crippen LogP contribution in [0.3, 0.4) is 0 Å². The minimum absolute atomic E-state index is 0.0266. The molecule has 5 heteroatoms. The summed E-state index contributed by atoms with van der Waals surface area (Å²) in [6, 6.07) is 7.37. The Hall–Kier alpha value is -1.46. The van der Waals surface area contributed by atoms with Gasteiger partial charge in [0.1, 0.15) is 0 Å². The molecule has 13 heavy (non-hydrogen) atoms. The number of fused-ring (bicyclic) bond motifs is 1. The molecule has 0 aliphatic heterocycles. The van der Waals surface area contributed by atoms with Gasteiger partial charge in [-0.1, -0.05) is 18.2 Å². The van der Waals surface area contributed by atoms with Gasteiger partial charge >= 0.3 is 7.12 Å². The molecular formula is C8H7BN2O2. The van der Waals surface area contributed by atoms with Gasteiger partial charge in [0.05, 0.1) is 5.52 Å². The Labute approximate surface area is 75.0 Å². The van der Waals surface area contributed by atoms with Gasteiger partial charge < -0.3 is 10.0 Å². The normalized spacial score (nSPS) is 10.3. The van der Waals surface area contributed by atoms with Gasteiger partial charge in [-0.05, 0) is 6.07 Å². The second-order valence-corrected chi connectivity index (χ2v) is 2.66. The average Bonchev–Trinajstić information content (AvgIpc) is 2.17. The fourth-order valence-corrected chi connectivity index (χ4v) is 1.11. The number of nitrogens with zero attached hydrogens (tertiary/aromatic N) is 2. The molecule has 1 heterocycles. The first-order valence-corrected chi connectivity index (χ1v) is 3.85. The van der Waals surface area contributed by atoms with Crippen molar-refractivity contribution in [1.29, 1.82) is 0 Å². The van der Waals surface area contributed by atoms with E-state index >= 15 is 0 Å². The predicted molar refractivity (Wildman–Crippen MR) is 49.4 cm³/mol. The van der Waals surface area contributed by atoms with Crippen molar-refractivity contribution in [3.05, 3.63) is 30.5 Å². The van der Waals surface area contributed by atoms with Crippen LogP contribution in [0.25, 0.3) is 10.9 Å². The van der Waals surface area contributed by atoms with E-state index in [0.717, 1.165) is 5.39 Å². The largest absolute Gasteiger partial charge is 0.528 e. The van der Waals surface area contributed by atoms with E-state index in [9.17, 15) is 0 Å². The lowest BCUT2D eigenvalue weighted by Gasteiger charge is -1.99. The number of hydrogen-bond donors (Lipinski definition) is 2. The van der Waals surface area contributed by atoms with Crippen molar-refractivity contribution in [3.63, 3.8) is 0 Å². The molecule has 1 aromatic carbocycles. The zero-order valence-electron chi connectivity index (χ0n) is 6.75. The van der Waals surface area contributed by atoms with E-state index in [0.29, 0.717) is 5.52 Å². The second kappa shape index (κ2) is 3.12. The monoisotopic (exact) mass is 174 g/mol. The standard InChI is InChI=1S/C8H7BN2O2/c12-9(13)8-10-5-6-3-1-2-4-7(6)11-8/h1-5,12-13H. The zero-order chi connectivity index (χ0) is 9.26. The third kappa shape index (κ3) is 1.51. The van der Waals surface area contributed by atoms with Gasteiger partial charge in [-0.25, -0.2) is 9.97 Å². The maximum atomic E-state index is 8.81. The minimum atomic E-state index is -1.61. The number of rotatable bonds is 1. The van der Waals surface area contributed by atoms with Crippen molar-refractivity contribution < 1.29 is 10.0 Å². The highest BCUT2D eigenvalue weighted by molar-refractivity contribution is 6.56. The van der Waals surface area contributed by atoms with Crippen molar-refractivity contribution in [3.8, 4) is 0 Å². The number of hydrogen-bond acceptors (Lipinski definition) is 4. The lowest BCUT2D eigenvalue weighted by atomic mass is 9.90. The summed E-state index contributed by atoms with van der Waals surface area (Å²) in [6.07, 6.45) is 1.57. The van der Waals surface area contributed by atoms with Gasteiger partial charge in [-0.2, -0.15) is 0 Å². The van der Waals surface area contributed by atoms with Crippen LogP contribution in [-0.2, 0) is 0 Å². The first-order valence-electron chi connectivity index (χ1n) is 3.85. The molecule has 4 nitrogen and oxygen atoms in total. The molecule has 0 saturated heterocycles. The first kappa shape index (κ1) is 8.16. The van der Waals surface area contributed by atoms with E-state index in [4.69, 9.17) is 10.0 Å². The molecule has 2 N–H and O–H groups in total. The van der Waals surface area contributed by atoms with Gasteiger partial charge in [0.25, 0.3) is 0 Å². The molecule has 64 valence electrons. The van der Waals surface area contributed by atoms with Gasteiger partial charge in [0.15, 0.2) is 5.72 Å². The highest BCUT2D eigenvalue weighted by Crippen LogP contribution is 2.06. The summed E-state index contributed by atoms with van der Waals surface area (Å²) in [5.41, 5.74) is 0.735. The number of para-hydroxylation sites is 1. The van der Waals surface area contributed by atoms with Crippen LogP contribution < -0.4 is 5.72 Å². The van der Waals surface area contributed by atoms with E-state index in [1.54, 1.807) is 12.3 Å². The van der Waals surface area contributed by atoms with Gasteiger partial charge in [-0.15, -0.1) is 0 Å². The summed E-state index contributed by atoms with van der Waals surface area (Å²) < 4.78 is 0. The lowest BCUT2D eigenvalue weighted by molar-refractivity contribution is 0.422. The van der Waals surface area contributed by atoms with E-state index in [2.05, 4.69) is 9.97 Å². The van der Waals surface area contributed by atoms with Crippen LogP contribution in [0.1, 0.15) is 0 Å². The SMILES string of the molecule is OB(O)c1ncc2ccccc2n1. The molecule has 0 amide bonds. The van der Waals surface area contributed by atoms with E-state index in [1.807, 2.05) is 18.2 Å². The predicted octanol–water partition coefficient (Wildman–Crippen LogP) is -0.690. The maximum Gasteiger partial charge on any atom is 0.528 e. The Morgan fingerprint density at radius 3 is 2.69 bits per heavy atom. The van der Waals surface area contributed by atoms with Gasteiger partial charge in [-0.3, -0.25) is 0 Å². The number of aromatic nitrogens is 2. The first-order chi connectivity index (χ1) is 6.27. The van der Waals surface area contributed by atoms with Gasteiger partial charge in [0.2, 0.25) is 0 Å². The Bertz CT molecular complexity index is 433. The van der Waals surface area contributed by atoms with Crippen LogP contribution in [0.5, 0.6) is 0 Å². The summed E-state index contributed by atoms with van der Waals surface area (Å²) >= 11 is 0. The molecular weight excluding hydrogens is 167 g/mol. The van der Waals surface area contributed by atoms with E-state index in [-0.39, 0.29) is 5.72 Å². The average molecular weight is 174 g/mol. The van der Waals surface area contributed by atoms with Crippen molar-refractivity contribution in [2.75, 3.05) is 0 Å². The fraction of sp³-hybridized carbons (Fsp3) is 0. The Morgan fingerprint density at radius 2 is 1.92 bits per heavy atom. The molecule has 0 bridgehead atoms. The van der Waals surface area contributed by atoms with Crippen LogP contribution in [0.4, 0.5) is 0 Å². The molecule has 0 aliphatic carbocycles. The smallest absolute Gasteiger partial charge is 0.421 e. The Balaban J connectivity index is 2.62. The molecule has 0 fully saturated rings. The molecule has 0 aliphatic rings. The van der Waals surface area contributed by atoms with Crippen LogP contribution in [0, 0.1) is 0 Å². The molecule has 2 aromatic rings. The molecule has 0 saturated carbocycles. The highest BCUT2D eigenvalue weighted by atomic mass is 16.4. The Kier molecular flexibility index (Phi) is 1.96. The van der Waals surface area contributed by atoms with E-state index < -0.39 is 7.12 Å². The molecule has 0 spiro atoms. The molecule has 1 aromatic heterocycles. The fourth-order valence-electron chi connectivity index (χ4n) is 1.11. The van der Waals surface area contributed by atoms with Crippen LogP contribution >= 0.6 is 0 Å². The lowest BCUT2D eigenvalue weighted by Crippen LogP contribution is -2.35. The molecule has 2 rings (SSSR count). The van der Waals surface area contributed by atoms with Crippen LogP contribution in [-0.4, -0.2) is 27.1 Å². The zero-order valence-corrected chi connectivity index (χ0v) is 6.75. The summed E-state index contributed by atoms with van der Waals surface area (Å²) in [5, 5.41) is 18.5. The van der Waals surface area contributed by atoms with E-state index in [1.165, 1.54) is 0 Å². The van der Waals surface area contributed by atoms with Crippen LogP contribution in [0.2, 0.25) is 0 Å². The summed E-state index contributed by atoms with van der Waals surface area (Å²) in [6.45, 7) is 0. The summed E-state index contributed by atoms with van der Waals surface area (Å²) in [5.74, 6) is 0. The third-order valence-corrected chi connectivity index (χ3v) is 1.74. The Morgan fingerprint density at radius 1 is 1.15 bits per heavy atom. The topological polar surface area (TPSA) is 66.2 Å². The maximum absolute atomic E-state index is 8.81. The third-order valence-electron chi connectivity index (χ3n) is 1.74. The molecule has 0 radical (unpaired) electrons. The quantitative estimate of drug-likeness (QED) is 0.561. The van der Waals surface area contributed by atoms with Crippen molar-refractivity contribution in [2.24, 2.45) is 0 Å². The van der Waals surface area contributed by atoms with Crippen molar-refractivity contribution >= 4 is 23.7 Å². The van der Waals surface area contributed by atoms with Crippen molar-refractivity contribution in [2.45, 2.75) is 0 Å².